The van der Waals surface area contributed by atoms with Crippen molar-refractivity contribution in [3.8, 4) is 11.8 Å². The van der Waals surface area contributed by atoms with Crippen molar-refractivity contribution < 1.29 is 8.42 Å². The van der Waals surface area contributed by atoms with Gasteiger partial charge in [-0.25, -0.2) is 12.7 Å². The summed E-state index contributed by atoms with van der Waals surface area (Å²) in [6.07, 6.45) is 1.47. The van der Waals surface area contributed by atoms with Gasteiger partial charge in [0.1, 0.15) is 0 Å². The van der Waals surface area contributed by atoms with E-state index in [4.69, 9.17) is 0 Å². The summed E-state index contributed by atoms with van der Waals surface area (Å²) in [6, 6.07) is 30.2. The minimum atomic E-state index is -3.40. The summed E-state index contributed by atoms with van der Waals surface area (Å²) in [5.41, 5.74) is 4.54. The smallest absolute Gasteiger partial charge is 0.207 e. The number of benzene rings is 4. The van der Waals surface area contributed by atoms with Crippen LogP contribution in [0, 0.1) is 11.8 Å². The summed E-state index contributed by atoms with van der Waals surface area (Å²) in [4.78, 5) is 0.292. The molecule has 0 aliphatic carbocycles. The Bertz CT molecular complexity index is 1400. The van der Waals surface area contributed by atoms with Gasteiger partial charge in [-0.3, -0.25) is 0 Å². The second kappa shape index (κ2) is 9.40. The molecule has 0 saturated heterocycles. The highest BCUT2D eigenvalue weighted by Gasteiger charge is 2.16. The molecule has 0 aromatic heterocycles. The number of hydrogen-bond donors (Lipinski definition) is 0. The standard InChI is InChI=1S/C28H25NO2S/c1-29(2)32(30,31)28-17-13-22(14-18-28)9-6-10-24-11-15-26-16-12-25(21-27(26)20-24)19-23-7-4-3-5-8-23/h3-5,7-8,11-18,20-21H,9,19H2,1-2H3. The molecule has 0 aliphatic rings. The quantitative estimate of drug-likeness (QED) is 0.397. The van der Waals surface area contributed by atoms with Crippen LogP contribution in [0.2, 0.25) is 0 Å². The third-order valence-corrected chi connectivity index (χ3v) is 7.21. The zero-order chi connectivity index (χ0) is 22.6. The molecule has 0 saturated carbocycles. The molecule has 0 amide bonds. The van der Waals surface area contributed by atoms with E-state index in [2.05, 4.69) is 66.4 Å². The fraction of sp³-hybridized carbons (Fsp3) is 0.143. The fourth-order valence-electron chi connectivity index (χ4n) is 3.55. The SMILES string of the molecule is CN(C)S(=O)(=O)c1ccc(CC#Cc2ccc3ccc(Cc4ccccc4)cc3c2)cc1. The largest absolute Gasteiger partial charge is 0.242 e. The van der Waals surface area contributed by atoms with Crippen LogP contribution in [-0.2, 0) is 22.9 Å². The lowest BCUT2D eigenvalue weighted by molar-refractivity contribution is 0.520. The van der Waals surface area contributed by atoms with E-state index in [1.165, 1.54) is 40.3 Å². The molecule has 32 heavy (non-hydrogen) atoms. The first-order valence-corrected chi connectivity index (χ1v) is 11.9. The molecular formula is C28H25NO2S. The topological polar surface area (TPSA) is 37.4 Å². The molecule has 4 heteroatoms. The lowest BCUT2D eigenvalue weighted by Gasteiger charge is -2.11. The molecule has 0 atom stereocenters. The molecule has 0 aliphatic heterocycles. The molecule has 0 radical (unpaired) electrons. The lowest BCUT2D eigenvalue weighted by Crippen LogP contribution is -2.22. The molecule has 4 rings (SSSR count). The van der Waals surface area contributed by atoms with Gasteiger partial charge in [0, 0.05) is 26.1 Å². The Labute approximate surface area is 190 Å². The molecule has 160 valence electrons. The van der Waals surface area contributed by atoms with Crippen LogP contribution in [0.5, 0.6) is 0 Å². The van der Waals surface area contributed by atoms with Gasteiger partial charge in [-0.05, 0) is 58.1 Å². The van der Waals surface area contributed by atoms with Crippen LogP contribution in [0.3, 0.4) is 0 Å². The first-order valence-electron chi connectivity index (χ1n) is 10.5. The molecule has 0 spiro atoms. The first-order chi connectivity index (χ1) is 15.4. The summed E-state index contributed by atoms with van der Waals surface area (Å²) in [6.45, 7) is 0. The molecule has 0 bridgehead atoms. The summed E-state index contributed by atoms with van der Waals surface area (Å²) in [7, 11) is -0.343. The van der Waals surface area contributed by atoms with Crippen molar-refractivity contribution in [2.24, 2.45) is 0 Å². The first kappa shape index (κ1) is 21.8. The third kappa shape index (κ3) is 5.08. The molecule has 0 heterocycles. The van der Waals surface area contributed by atoms with E-state index >= 15 is 0 Å². The number of sulfonamides is 1. The maximum Gasteiger partial charge on any atom is 0.242 e. The van der Waals surface area contributed by atoms with Gasteiger partial charge in [0.05, 0.1) is 4.90 Å². The Morgan fingerprint density at radius 3 is 2.12 bits per heavy atom. The Kier molecular flexibility index (Phi) is 6.41. The zero-order valence-corrected chi connectivity index (χ0v) is 19.1. The average Bonchev–Trinajstić information content (AvgIpc) is 2.80. The second-order valence-electron chi connectivity index (χ2n) is 7.97. The number of nitrogens with zero attached hydrogens (tertiary/aromatic N) is 1. The highest BCUT2D eigenvalue weighted by Crippen LogP contribution is 2.20. The van der Waals surface area contributed by atoms with Gasteiger partial charge in [0.15, 0.2) is 0 Å². The number of hydrogen-bond acceptors (Lipinski definition) is 2. The van der Waals surface area contributed by atoms with Gasteiger partial charge in [-0.15, -0.1) is 0 Å². The van der Waals surface area contributed by atoms with E-state index in [0.29, 0.717) is 11.3 Å². The Balaban J connectivity index is 1.49. The third-order valence-electron chi connectivity index (χ3n) is 5.38. The van der Waals surface area contributed by atoms with Gasteiger partial charge in [-0.2, -0.15) is 0 Å². The van der Waals surface area contributed by atoms with E-state index in [0.717, 1.165) is 17.5 Å². The van der Waals surface area contributed by atoms with Crippen LogP contribution >= 0.6 is 0 Å². The van der Waals surface area contributed by atoms with Crippen LogP contribution in [0.4, 0.5) is 0 Å². The van der Waals surface area contributed by atoms with Gasteiger partial charge < -0.3 is 0 Å². The minimum absolute atomic E-state index is 0.292. The predicted molar refractivity (Wildman–Crippen MR) is 131 cm³/mol. The summed E-state index contributed by atoms with van der Waals surface area (Å²) in [5, 5.41) is 2.38. The maximum atomic E-state index is 12.2. The Hall–Kier alpha value is -3.39. The van der Waals surface area contributed by atoms with E-state index in [1.54, 1.807) is 12.1 Å². The summed E-state index contributed by atoms with van der Waals surface area (Å²) in [5.74, 6) is 6.45. The highest BCUT2D eigenvalue weighted by atomic mass is 32.2. The van der Waals surface area contributed by atoms with Crippen molar-refractivity contribution in [3.05, 3.63) is 113 Å². The van der Waals surface area contributed by atoms with E-state index < -0.39 is 10.0 Å². The van der Waals surface area contributed by atoms with Crippen molar-refractivity contribution in [3.63, 3.8) is 0 Å². The van der Waals surface area contributed by atoms with Crippen LogP contribution in [-0.4, -0.2) is 26.8 Å². The van der Waals surface area contributed by atoms with Crippen LogP contribution in [0.15, 0.2) is 95.9 Å². The van der Waals surface area contributed by atoms with Crippen molar-refractivity contribution >= 4 is 20.8 Å². The van der Waals surface area contributed by atoms with E-state index in [9.17, 15) is 8.42 Å². The molecule has 3 nitrogen and oxygen atoms in total. The fourth-order valence-corrected chi connectivity index (χ4v) is 4.46. The van der Waals surface area contributed by atoms with Crippen molar-refractivity contribution in [2.45, 2.75) is 17.7 Å². The van der Waals surface area contributed by atoms with Crippen LogP contribution in [0.1, 0.15) is 22.3 Å². The lowest BCUT2D eigenvalue weighted by atomic mass is 10.00. The van der Waals surface area contributed by atoms with Gasteiger partial charge in [-0.1, -0.05) is 78.6 Å². The zero-order valence-electron chi connectivity index (χ0n) is 18.2. The molecule has 4 aromatic carbocycles. The van der Waals surface area contributed by atoms with Crippen molar-refractivity contribution in [1.29, 1.82) is 0 Å². The number of rotatable bonds is 5. The number of fused-ring (bicyclic) bond motifs is 1. The van der Waals surface area contributed by atoms with Crippen molar-refractivity contribution in [2.75, 3.05) is 14.1 Å². The van der Waals surface area contributed by atoms with E-state index in [-0.39, 0.29) is 0 Å². The average molecular weight is 440 g/mol. The minimum Gasteiger partial charge on any atom is -0.207 e. The monoisotopic (exact) mass is 439 g/mol. The maximum absolute atomic E-state index is 12.2. The van der Waals surface area contributed by atoms with E-state index in [1.807, 2.05) is 24.3 Å². The molecule has 4 aromatic rings. The highest BCUT2D eigenvalue weighted by molar-refractivity contribution is 7.89. The summed E-state index contributed by atoms with van der Waals surface area (Å²) < 4.78 is 25.6. The van der Waals surface area contributed by atoms with Crippen LogP contribution < -0.4 is 0 Å². The molecule has 0 fully saturated rings. The normalized spacial score (nSPS) is 11.3. The molecule has 0 N–H and O–H groups in total. The Morgan fingerprint density at radius 1 is 0.719 bits per heavy atom. The Morgan fingerprint density at radius 2 is 1.41 bits per heavy atom. The van der Waals surface area contributed by atoms with Gasteiger partial charge >= 0.3 is 0 Å². The predicted octanol–water partition coefficient (Wildman–Crippen LogP) is 5.28. The second-order valence-corrected chi connectivity index (χ2v) is 10.1. The van der Waals surface area contributed by atoms with Crippen LogP contribution in [0.25, 0.3) is 10.8 Å². The molecular weight excluding hydrogens is 414 g/mol. The van der Waals surface area contributed by atoms with Crippen molar-refractivity contribution in [1.82, 2.24) is 4.31 Å². The summed E-state index contributed by atoms with van der Waals surface area (Å²) >= 11 is 0. The van der Waals surface area contributed by atoms with Gasteiger partial charge in [0.2, 0.25) is 10.0 Å². The molecule has 0 unspecified atom stereocenters. The van der Waals surface area contributed by atoms with Gasteiger partial charge in [0.25, 0.3) is 0 Å².